The Kier molecular flexibility index (Phi) is 6.45. The van der Waals surface area contributed by atoms with Gasteiger partial charge in [0.15, 0.2) is 5.96 Å². The van der Waals surface area contributed by atoms with Crippen LogP contribution in [0, 0.1) is 0 Å². The average molecular weight is 384 g/mol. The average Bonchev–Trinajstić information content (AvgIpc) is 2.60. The van der Waals surface area contributed by atoms with Gasteiger partial charge in [-0.2, -0.15) is 18.2 Å². The zero-order valence-corrected chi connectivity index (χ0v) is 15.1. The lowest BCUT2D eigenvalue weighted by molar-refractivity contribution is -0.139. The summed E-state index contributed by atoms with van der Waals surface area (Å²) < 4.78 is 40.7. The van der Waals surface area contributed by atoms with E-state index in [2.05, 4.69) is 4.99 Å². The quantitative estimate of drug-likeness (QED) is 0.615. The number of benzene rings is 1. The van der Waals surface area contributed by atoms with E-state index < -0.39 is 23.6 Å². The molecule has 9 heteroatoms. The fourth-order valence-electron chi connectivity index (χ4n) is 3.28. The number of piperidine rings is 1. The van der Waals surface area contributed by atoms with Gasteiger partial charge >= 0.3 is 6.18 Å². The van der Waals surface area contributed by atoms with E-state index in [9.17, 15) is 22.8 Å². The molecule has 0 saturated carbocycles. The molecule has 0 aromatic heterocycles. The van der Waals surface area contributed by atoms with Gasteiger partial charge in [-0.05, 0) is 42.9 Å². The molecule has 1 aromatic rings. The zero-order chi connectivity index (χ0) is 20.2. The van der Waals surface area contributed by atoms with Gasteiger partial charge in [-0.1, -0.05) is 13.0 Å². The number of carbonyl (C=O) groups excluding carboxylic acids is 2. The molecule has 1 aromatic carbocycles. The topological polar surface area (TPSA) is 102 Å². The molecule has 4 N–H and O–H groups in total. The standard InChI is InChI=1S/C18H23F3N4O2/c1-2-3-15(26)25-8-6-11(7-9-25)13-5-4-12(16(27)24-17(22)23)10-14(13)18(19,20)21/h4-5,10-11H,2-3,6-9H2,1H3,(H4,22,23,24,27). The van der Waals surface area contributed by atoms with Crippen molar-refractivity contribution in [2.24, 2.45) is 16.5 Å². The third-order valence-electron chi connectivity index (χ3n) is 4.59. The summed E-state index contributed by atoms with van der Waals surface area (Å²) in [4.78, 5) is 28.8. The van der Waals surface area contributed by atoms with Crippen molar-refractivity contribution in [1.29, 1.82) is 0 Å². The van der Waals surface area contributed by atoms with Crippen molar-refractivity contribution in [3.05, 3.63) is 34.9 Å². The summed E-state index contributed by atoms with van der Waals surface area (Å²) >= 11 is 0. The van der Waals surface area contributed by atoms with Gasteiger partial charge in [-0.3, -0.25) is 9.59 Å². The van der Waals surface area contributed by atoms with Crippen LogP contribution in [-0.4, -0.2) is 35.8 Å². The molecule has 1 heterocycles. The minimum Gasteiger partial charge on any atom is -0.370 e. The van der Waals surface area contributed by atoms with E-state index in [1.165, 1.54) is 12.1 Å². The summed E-state index contributed by atoms with van der Waals surface area (Å²) in [6.45, 7) is 2.76. The Bertz CT molecular complexity index is 735. The first kappa shape index (κ1) is 20.7. The lowest BCUT2D eigenvalue weighted by Gasteiger charge is -2.33. The first-order valence-electron chi connectivity index (χ1n) is 8.76. The maximum absolute atomic E-state index is 13.6. The number of guanidine groups is 1. The van der Waals surface area contributed by atoms with Crippen molar-refractivity contribution in [2.45, 2.75) is 44.7 Å². The molecule has 0 spiro atoms. The Balaban J connectivity index is 2.26. The van der Waals surface area contributed by atoms with E-state index >= 15 is 0 Å². The second-order valence-corrected chi connectivity index (χ2v) is 6.55. The lowest BCUT2D eigenvalue weighted by atomic mass is 9.85. The number of likely N-dealkylation sites (tertiary alicyclic amines) is 1. The number of hydrogen-bond acceptors (Lipinski definition) is 2. The molecule has 148 valence electrons. The van der Waals surface area contributed by atoms with Crippen molar-refractivity contribution in [3.63, 3.8) is 0 Å². The predicted octanol–water partition coefficient (Wildman–Crippen LogP) is 2.63. The number of hydrogen-bond donors (Lipinski definition) is 2. The van der Waals surface area contributed by atoms with Gasteiger partial charge < -0.3 is 16.4 Å². The lowest BCUT2D eigenvalue weighted by Crippen LogP contribution is -2.38. The molecule has 1 aliphatic heterocycles. The smallest absolute Gasteiger partial charge is 0.370 e. The number of nitrogens with zero attached hydrogens (tertiary/aromatic N) is 2. The molecular weight excluding hydrogens is 361 g/mol. The zero-order valence-electron chi connectivity index (χ0n) is 15.1. The number of aliphatic imine (C=N–C) groups is 1. The molecule has 0 radical (unpaired) electrons. The van der Waals surface area contributed by atoms with Crippen LogP contribution in [0.1, 0.15) is 60.0 Å². The first-order chi connectivity index (χ1) is 12.6. The minimum atomic E-state index is -4.61. The molecule has 1 saturated heterocycles. The second-order valence-electron chi connectivity index (χ2n) is 6.55. The molecule has 6 nitrogen and oxygen atoms in total. The Morgan fingerprint density at radius 3 is 2.37 bits per heavy atom. The highest BCUT2D eigenvalue weighted by molar-refractivity contribution is 6.02. The summed E-state index contributed by atoms with van der Waals surface area (Å²) in [6.07, 6.45) is -2.54. The van der Waals surface area contributed by atoms with Crippen LogP contribution in [0.25, 0.3) is 0 Å². The largest absolute Gasteiger partial charge is 0.416 e. The van der Waals surface area contributed by atoms with Crippen LogP contribution in [0.5, 0.6) is 0 Å². The van der Waals surface area contributed by atoms with Gasteiger partial charge in [0.2, 0.25) is 5.91 Å². The number of carbonyl (C=O) groups is 2. The van der Waals surface area contributed by atoms with Crippen molar-refractivity contribution < 1.29 is 22.8 Å². The second kappa shape index (κ2) is 8.41. The van der Waals surface area contributed by atoms with E-state index in [0.29, 0.717) is 32.4 Å². The van der Waals surface area contributed by atoms with Crippen LogP contribution in [0.4, 0.5) is 13.2 Å². The Labute approximate surface area is 155 Å². The molecule has 1 fully saturated rings. The van der Waals surface area contributed by atoms with Crippen LogP contribution >= 0.6 is 0 Å². The monoisotopic (exact) mass is 384 g/mol. The summed E-state index contributed by atoms with van der Waals surface area (Å²) in [5.41, 5.74) is 9.27. The molecule has 27 heavy (non-hydrogen) atoms. The maximum atomic E-state index is 13.6. The highest BCUT2D eigenvalue weighted by Crippen LogP contribution is 2.39. The summed E-state index contributed by atoms with van der Waals surface area (Å²) in [5, 5.41) is 0. The van der Waals surface area contributed by atoms with Crippen LogP contribution in [0.2, 0.25) is 0 Å². The Morgan fingerprint density at radius 2 is 1.85 bits per heavy atom. The first-order valence-corrected chi connectivity index (χ1v) is 8.76. The normalized spacial score (nSPS) is 15.5. The maximum Gasteiger partial charge on any atom is 0.416 e. The Hall–Kier alpha value is -2.58. The SMILES string of the molecule is CCCC(=O)N1CCC(c2ccc(C(=O)N=C(N)N)cc2C(F)(F)F)CC1. The number of rotatable bonds is 4. The fraction of sp³-hybridized carbons (Fsp3) is 0.500. The van der Waals surface area contributed by atoms with Crippen LogP contribution in [-0.2, 0) is 11.0 Å². The van der Waals surface area contributed by atoms with Crippen molar-refractivity contribution >= 4 is 17.8 Å². The number of alkyl halides is 3. The van der Waals surface area contributed by atoms with Crippen LogP contribution in [0.15, 0.2) is 23.2 Å². The van der Waals surface area contributed by atoms with Crippen LogP contribution in [0.3, 0.4) is 0 Å². The van der Waals surface area contributed by atoms with E-state index in [-0.39, 0.29) is 23.0 Å². The van der Waals surface area contributed by atoms with E-state index in [1.54, 1.807) is 4.90 Å². The van der Waals surface area contributed by atoms with Crippen molar-refractivity contribution in [3.8, 4) is 0 Å². The molecular formula is C18H23F3N4O2. The van der Waals surface area contributed by atoms with Gasteiger partial charge in [0.25, 0.3) is 5.91 Å². The fourth-order valence-corrected chi connectivity index (χ4v) is 3.28. The van der Waals surface area contributed by atoms with Crippen LogP contribution < -0.4 is 11.5 Å². The van der Waals surface area contributed by atoms with E-state index in [0.717, 1.165) is 12.5 Å². The summed E-state index contributed by atoms with van der Waals surface area (Å²) in [7, 11) is 0. The highest BCUT2D eigenvalue weighted by atomic mass is 19.4. The molecule has 0 atom stereocenters. The summed E-state index contributed by atoms with van der Waals surface area (Å²) in [6, 6.07) is 3.40. The predicted molar refractivity (Wildman–Crippen MR) is 95.0 cm³/mol. The molecule has 0 aliphatic carbocycles. The third kappa shape index (κ3) is 5.21. The van der Waals surface area contributed by atoms with Crippen molar-refractivity contribution in [1.82, 2.24) is 4.90 Å². The molecule has 0 unspecified atom stereocenters. The van der Waals surface area contributed by atoms with Gasteiger partial charge in [-0.25, -0.2) is 0 Å². The molecule has 1 aliphatic rings. The van der Waals surface area contributed by atoms with E-state index in [1.807, 2.05) is 6.92 Å². The third-order valence-corrected chi connectivity index (χ3v) is 4.59. The highest BCUT2D eigenvalue weighted by Gasteiger charge is 2.37. The molecule has 2 amide bonds. The summed E-state index contributed by atoms with van der Waals surface area (Å²) in [5.74, 6) is -1.74. The number of amides is 2. The number of halogens is 3. The Morgan fingerprint density at radius 1 is 1.22 bits per heavy atom. The van der Waals surface area contributed by atoms with Gasteiger partial charge in [-0.15, -0.1) is 0 Å². The minimum absolute atomic E-state index is 0.0326. The van der Waals surface area contributed by atoms with E-state index in [4.69, 9.17) is 11.5 Å². The molecule has 0 bridgehead atoms. The molecule has 2 rings (SSSR count). The number of nitrogens with two attached hydrogens (primary N) is 2. The van der Waals surface area contributed by atoms with Gasteiger partial charge in [0, 0.05) is 25.1 Å². The van der Waals surface area contributed by atoms with Gasteiger partial charge in [0.1, 0.15) is 0 Å². The van der Waals surface area contributed by atoms with Crippen molar-refractivity contribution in [2.75, 3.05) is 13.1 Å². The van der Waals surface area contributed by atoms with Gasteiger partial charge in [0.05, 0.1) is 5.56 Å².